The van der Waals surface area contributed by atoms with Crippen molar-refractivity contribution in [2.24, 2.45) is 0 Å². The molecule has 0 aromatic carbocycles. The summed E-state index contributed by atoms with van der Waals surface area (Å²) in [5, 5.41) is 0. The molecular formula is C34H72ClN. The zero-order valence-electron chi connectivity index (χ0n) is 26.2. The third-order valence-electron chi connectivity index (χ3n) is 8.47. The summed E-state index contributed by atoms with van der Waals surface area (Å²) in [4.78, 5) is 3.05. The van der Waals surface area contributed by atoms with Gasteiger partial charge in [-0.2, -0.15) is 0 Å². The molecular weight excluding hydrogens is 458 g/mol. The van der Waals surface area contributed by atoms with Gasteiger partial charge in [-0.1, -0.05) is 169 Å². The fourth-order valence-corrected chi connectivity index (χ4v) is 6.01. The number of rotatable bonds is 29. The Morgan fingerprint density at radius 3 is 0.861 bits per heavy atom. The van der Waals surface area contributed by atoms with E-state index >= 15 is 0 Å². The molecule has 0 fully saturated rings. The molecule has 0 bridgehead atoms. The molecule has 0 saturated carbocycles. The first-order valence-electron chi connectivity index (χ1n) is 17.0. The van der Waals surface area contributed by atoms with E-state index in [1.807, 2.05) is 0 Å². The summed E-state index contributed by atoms with van der Waals surface area (Å²) >= 11 is 0. The predicted octanol–water partition coefficient (Wildman–Crippen LogP) is 12.7. The van der Waals surface area contributed by atoms with Crippen LogP contribution in [0.2, 0.25) is 0 Å². The van der Waals surface area contributed by atoms with Crippen molar-refractivity contribution in [2.75, 3.05) is 13.1 Å². The van der Waals surface area contributed by atoms with Gasteiger partial charge in [0.1, 0.15) is 0 Å². The molecule has 0 aliphatic heterocycles. The van der Waals surface area contributed by atoms with Crippen LogP contribution in [0.25, 0.3) is 0 Å². The minimum absolute atomic E-state index is 0. The van der Waals surface area contributed by atoms with Gasteiger partial charge in [-0.3, -0.25) is 4.90 Å². The summed E-state index contributed by atoms with van der Waals surface area (Å²) in [7, 11) is 0. The highest BCUT2D eigenvalue weighted by molar-refractivity contribution is 5.85. The molecule has 0 aliphatic carbocycles. The van der Waals surface area contributed by atoms with Crippen molar-refractivity contribution >= 4 is 12.4 Å². The lowest BCUT2D eigenvalue weighted by molar-refractivity contribution is 0.0495. The first kappa shape index (κ1) is 38.4. The van der Waals surface area contributed by atoms with E-state index in [4.69, 9.17) is 0 Å². The Balaban J connectivity index is 0. The lowest BCUT2D eigenvalue weighted by Crippen LogP contribution is -2.50. The summed E-state index contributed by atoms with van der Waals surface area (Å²) < 4.78 is 0. The minimum Gasteiger partial charge on any atom is -0.298 e. The van der Waals surface area contributed by atoms with Gasteiger partial charge in [-0.25, -0.2) is 0 Å². The predicted molar refractivity (Wildman–Crippen MR) is 170 cm³/mol. The zero-order valence-corrected chi connectivity index (χ0v) is 27.0. The van der Waals surface area contributed by atoms with Crippen LogP contribution in [0.3, 0.4) is 0 Å². The summed E-state index contributed by atoms with van der Waals surface area (Å²) in [6, 6.07) is 0. The Morgan fingerprint density at radius 1 is 0.333 bits per heavy atom. The van der Waals surface area contributed by atoms with Crippen molar-refractivity contribution in [1.29, 1.82) is 0 Å². The Kier molecular flexibility index (Phi) is 31.8. The minimum atomic E-state index is 0. The maximum Gasteiger partial charge on any atom is 0.0209 e. The summed E-state index contributed by atoms with van der Waals surface area (Å²) in [6.45, 7) is 14.5. The van der Waals surface area contributed by atoms with Crippen LogP contribution in [0.5, 0.6) is 0 Å². The van der Waals surface area contributed by atoms with Crippen LogP contribution in [-0.4, -0.2) is 23.5 Å². The summed E-state index contributed by atoms with van der Waals surface area (Å²) in [5.74, 6) is 0. The van der Waals surface area contributed by atoms with Crippen LogP contribution < -0.4 is 0 Å². The molecule has 0 amide bonds. The van der Waals surface area contributed by atoms with Crippen LogP contribution in [0.1, 0.15) is 202 Å². The topological polar surface area (TPSA) is 3.24 Å². The van der Waals surface area contributed by atoms with Crippen LogP contribution >= 0.6 is 12.4 Å². The molecule has 36 heavy (non-hydrogen) atoms. The van der Waals surface area contributed by atoms with E-state index in [-0.39, 0.29) is 12.4 Å². The first-order valence-corrected chi connectivity index (χ1v) is 17.0. The average molecular weight is 530 g/mol. The maximum atomic E-state index is 3.05. The van der Waals surface area contributed by atoms with E-state index in [9.17, 15) is 0 Å². The van der Waals surface area contributed by atoms with Gasteiger partial charge in [0.2, 0.25) is 0 Å². The van der Waals surface area contributed by atoms with Crippen molar-refractivity contribution in [1.82, 2.24) is 4.90 Å². The molecule has 0 atom stereocenters. The largest absolute Gasteiger partial charge is 0.298 e. The highest BCUT2D eigenvalue weighted by Crippen LogP contribution is 2.36. The normalized spacial score (nSPS) is 11.8. The molecule has 0 saturated heterocycles. The molecule has 0 N–H and O–H groups in total. The highest BCUT2D eigenvalue weighted by Gasteiger charge is 2.34. The fraction of sp³-hybridized carbons (Fsp3) is 1.00. The molecule has 0 spiro atoms. The molecule has 0 aromatic rings. The first-order chi connectivity index (χ1) is 17.2. The second-order valence-corrected chi connectivity index (χ2v) is 11.8. The Bertz CT molecular complexity index is 373. The van der Waals surface area contributed by atoms with Gasteiger partial charge in [0.25, 0.3) is 0 Å². The quantitative estimate of drug-likeness (QED) is 0.0870. The fourth-order valence-electron chi connectivity index (χ4n) is 6.01. The lowest BCUT2D eigenvalue weighted by atomic mass is 9.79. The van der Waals surface area contributed by atoms with E-state index < -0.39 is 0 Å². The van der Waals surface area contributed by atoms with Gasteiger partial charge in [-0.05, 0) is 45.2 Å². The standard InChI is InChI=1S/C34H71N.ClH/c1-6-11-16-19-22-25-28-31-34(29-26-23-20-17-12-7-2,30-27-24-21-18-13-8-3)35(32-14-9-4)33-15-10-5;/h6-33H2,1-5H3;1H. The van der Waals surface area contributed by atoms with Crippen molar-refractivity contribution in [2.45, 2.75) is 207 Å². The van der Waals surface area contributed by atoms with Gasteiger partial charge in [0.05, 0.1) is 0 Å². The molecule has 0 aliphatic rings. The van der Waals surface area contributed by atoms with Gasteiger partial charge < -0.3 is 0 Å². The van der Waals surface area contributed by atoms with E-state index in [2.05, 4.69) is 39.5 Å². The second kappa shape index (κ2) is 29.8. The third-order valence-corrected chi connectivity index (χ3v) is 8.47. The number of unbranched alkanes of at least 4 members (excludes halogenated alkanes) is 18. The van der Waals surface area contributed by atoms with Crippen molar-refractivity contribution < 1.29 is 0 Å². The van der Waals surface area contributed by atoms with Crippen molar-refractivity contribution in [3.05, 3.63) is 0 Å². The van der Waals surface area contributed by atoms with Crippen molar-refractivity contribution in [3.8, 4) is 0 Å². The van der Waals surface area contributed by atoms with Crippen LogP contribution in [0, 0.1) is 0 Å². The number of hydrogen-bond donors (Lipinski definition) is 0. The molecule has 0 heterocycles. The molecule has 0 aromatic heterocycles. The van der Waals surface area contributed by atoms with E-state index in [0.29, 0.717) is 5.54 Å². The molecule has 2 heteroatoms. The van der Waals surface area contributed by atoms with Gasteiger partial charge in [-0.15, -0.1) is 12.4 Å². The maximum absolute atomic E-state index is 3.05. The second-order valence-electron chi connectivity index (χ2n) is 11.8. The molecule has 220 valence electrons. The average Bonchev–Trinajstić information content (AvgIpc) is 2.87. The lowest BCUT2D eigenvalue weighted by Gasteiger charge is -2.46. The Labute approximate surface area is 237 Å². The third kappa shape index (κ3) is 21.2. The van der Waals surface area contributed by atoms with Gasteiger partial charge in [0.15, 0.2) is 0 Å². The SMILES string of the molecule is CCCCCCCCCC(CCCCCCCC)(CCCCCCCC)N(CCCC)CCCC.Cl. The van der Waals surface area contributed by atoms with E-state index in [1.54, 1.807) is 0 Å². The number of hydrogen-bond acceptors (Lipinski definition) is 1. The Morgan fingerprint density at radius 2 is 0.583 bits per heavy atom. The smallest absolute Gasteiger partial charge is 0.0209 e. The molecule has 0 radical (unpaired) electrons. The summed E-state index contributed by atoms with van der Waals surface area (Å²) in [5.41, 5.74) is 0.489. The van der Waals surface area contributed by atoms with Crippen LogP contribution in [0.15, 0.2) is 0 Å². The van der Waals surface area contributed by atoms with Gasteiger partial charge >= 0.3 is 0 Å². The van der Waals surface area contributed by atoms with E-state index in [0.717, 1.165) is 0 Å². The highest BCUT2D eigenvalue weighted by atomic mass is 35.5. The van der Waals surface area contributed by atoms with Crippen molar-refractivity contribution in [3.63, 3.8) is 0 Å². The summed E-state index contributed by atoms with van der Waals surface area (Å²) in [6.07, 6.45) is 37.2. The zero-order chi connectivity index (χ0) is 25.9. The van der Waals surface area contributed by atoms with E-state index in [1.165, 1.54) is 180 Å². The monoisotopic (exact) mass is 530 g/mol. The Hall–Kier alpha value is 0.250. The van der Waals surface area contributed by atoms with Crippen LogP contribution in [-0.2, 0) is 0 Å². The molecule has 0 rings (SSSR count). The van der Waals surface area contributed by atoms with Gasteiger partial charge in [0, 0.05) is 5.54 Å². The molecule has 1 nitrogen and oxygen atoms in total. The number of halogens is 1. The van der Waals surface area contributed by atoms with Crippen LogP contribution in [0.4, 0.5) is 0 Å². The molecule has 0 unspecified atom stereocenters. The number of nitrogens with zero attached hydrogens (tertiary/aromatic N) is 1.